The molecule has 1 heterocycles. The van der Waals surface area contributed by atoms with Crippen LogP contribution in [-0.2, 0) is 20.9 Å². The van der Waals surface area contributed by atoms with Crippen molar-refractivity contribution < 1.29 is 28.9 Å². The molecule has 0 fully saturated rings. The number of benzene rings is 2. The van der Waals surface area contributed by atoms with Crippen molar-refractivity contribution >= 4 is 11.9 Å². The number of para-hydroxylation sites is 1. The number of carboxylic acids is 1. The van der Waals surface area contributed by atoms with Crippen LogP contribution in [0.15, 0.2) is 71.1 Å². The van der Waals surface area contributed by atoms with Gasteiger partial charge in [-0.2, -0.15) is 0 Å². The summed E-state index contributed by atoms with van der Waals surface area (Å²) >= 11 is 0. The highest BCUT2D eigenvalue weighted by atomic mass is 16.5. The largest absolute Gasteiger partial charge is 0.497 e. The van der Waals surface area contributed by atoms with E-state index in [1.165, 1.54) is 7.11 Å². The van der Waals surface area contributed by atoms with E-state index in [1.807, 2.05) is 24.3 Å². The molecule has 0 saturated heterocycles. The van der Waals surface area contributed by atoms with Crippen LogP contribution in [0.2, 0.25) is 0 Å². The monoisotopic (exact) mass is 423 g/mol. The zero-order chi connectivity index (χ0) is 22.5. The van der Waals surface area contributed by atoms with E-state index >= 15 is 0 Å². The summed E-state index contributed by atoms with van der Waals surface area (Å²) in [6, 6.07) is 14.6. The Balaban J connectivity index is 2.05. The third kappa shape index (κ3) is 4.55. The van der Waals surface area contributed by atoms with E-state index in [1.54, 1.807) is 45.2 Å². The summed E-state index contributed by atoms with van der Waals surface area (Å²) in [5.74, 6) is -1.35. The minimum absolute atomic E-state index is 0.0726. The number of allylic oxidation sites excluding steroid dienone is 2. The van der Waals surface area contributed by atoms with Crippen molar-refractivity contribution in [3.63, 3.8) is 0 Å². The average Bonchev–Trinajstić information content (AvgIpc) is 2.76. The van der Waals surface area contributed by atoms with Gasteiger partial charge in [-0.15, -0.1) is 0 Å². The standard InChI is InChI=1S/C24H25NO6/c1-14-20(23(26)27)22(21(15(2)25-14)24(28)30-4)18-10-5-6-11-19(18)31-13-16-8-7-9-17(12-16)29-3/h5-12,22,25H,13H2,1-4H3,(H,26,27). The molecule has 1 unspecified atom stereocenters. The van der Waals surface area contributed by atoms with Crippen molar-refractivity contribution in [2.45, 2.75) is 26.4 Å². The molecule has 31 heavy (non-hydrogen) atoms. The number of hydrogen-bond donors (Lipinski definition) is 2. The van der Waals surface area contributed by atoms with Crippen LogP contribution in [0, 0.1) is 0 Å². The maximum atomic E-state index is 12.6. The topological polar surface area (TPSA) is 94.1 Å². The van der Waals surface area contributed by atoms with Crippen molar-refractivity contribution in [2.24, 2.45) is 0 Å². The highest BCUT2D eigenvalue weighted by Gasteiger charge is 2.38. The molecule has 0 saturated carbocycles. The van der Waals surface area contributed by atoms with Gasteiger partial charge >= 0.3 is 11.9 Å². The molecule has 2 aromatic rings. The SMILES string of the molecule is COC(=O)C1=C(C)NC(C)=C(C(=O)O)C1c1ccccc1OCc1cccc(OC)c1. The lowest BCUT2D eigenvalue weighted by Crippen LogP contribution is -2.31. The van der Waals surface area contributed by atoms with Gasteiger partial charge in [0.05, 0.1) is 31.3 Å². The average molecular weight is 423 g/mol. The molecule has 2 N–H and O–H groups in total. The van der Waals surface area contributed by atoms with E-state index in [2.05, 4.69) is 5.32 Å². The third-order valence-electron chi connectivity index (χ3n) is 5.15. The van der Waals surface area contributed by atoms with Gasteiger partial charge in [0.25, 0.3) is 0 Å². The number of methoxy groups -OCH3 is 2. The molecular formula is C24H25NO6. The van der Waals surface area contributed by atoms with Gasteiger partial charge in [-0.25, -0.2) is 9.59 Å². The van der Waals surface area contributed by atoms with E-state index in [0.29, 0.717) is 28.5 Å². The van der Waals surface area contributed by atoms with E-state index < -0.39 is 17.9 Å². The molecule has 0 aliphatic carbocycles. The van der Waals surface area contributed by atoms with Crippen LogP contribution in [0.1, 0.15) is 30.9 Å². The fourth-order valence-electron chi connectivity index (χ4n) is 3.74. The van der Waals surface area contributed by atoms with Gasteiger partial charge in [-0.05, 0) is 37.6 Å². The molecule has 7 nitrogen and oxygen atoms in total. The minimum atomic E-state index is -1.12. The maximum absolute atomic E-state index is 12.6. The highest BCUT2D eigenvalue weighted by Crippen LogP contribution is 2.42. The molecule has 0 bridgehead atoms. The van der Waals surface area contributed by atoms with E-state index in [4.69, 9.17) is 14.2 Å². The number of dihydropyridines is 1. The highest BCUT2D eigenvalue weighted by molar-refractivity contribution is 5.99. The van der Waals surface area contributed by atoms with Crippen LogP contribution in [0.3, 0.4) is 0 Å². The fourth-order valence-corrected chi connectivity index (χ4v) is 3.74. The number of carbonyl (C=O) groups excluding carboxylic acids is 1. The first-order valence-electron chi connectivity index (χ1n) is 9.72. The zero-order valence-electron chi connectivity index (χ0n) is 17.9. The van der Waals surface area contributed by atoms with Crippen LogP contribution >= 0.6 is 0 Å². The van der Waals surface area contributed by atoms with Gasteiger partial charge in [0, 0.05) is 17.0 Å². The number of rotatable bonds is 7. The van der Waals surface area contributed by atoms with E-state index in [-0.39, 0.29) is 17.8 Å². The minimum Gasteiger partial charge on any atom is -0.497 e. The summed E-state index contributed by atoms with van der Waals surface area (Å²) in [7, 11) is 2.87. The molecule has 7 heteroatoms. The lowest BCUT2D eigenvalue weighted by molar-refractivity contribution is -0.136. The lowest BCUT2D eigenvalue weighted by Gasteiger charge is -2.30. The first kappa shape index (κ1) is 22.0. The third-order valence-corrected chi connectivity index (χ3v) is 5.15. The molecule has 0 radical (unpaired) electrons. The lowest BCUT2D eigenvalue weighted by atomic mass is 9.80. The Kier molecular flexibility index (Phi) is 6.65. The number of carboxylic acid groups (broad SMARTS) is 1. The maximum Gasteiger partial charge on any atom is 0.336 e. The van der Waals surface area contributed by atoms with E-state index in [9.17, 15) is 14.7 Å². The molecule has 2 aromatic carbocycles. The zero-order valence-corrected chi connectivity index (χ0v) is 17.9. The molecule has 1 atom stereocenters. The summed E-state index contributed by atoms with van der Waals surface area (Å²) < 4.78 is 16.3. The van der Waals surface area contributed by atoms with Crippen LogP contribution in [0.25, 0.3) is 0 Å². The predicted octanol–water partition coefficient (Wildman–Crippen LogP) is 3.77. The second-order valence-corrected chi connectivity index (χ2v) is 7.11. The van der Waals surface area contributed by atoms with Crippen molar-refractivity contribution in [3.05, 3.63) is 82.2 Å². The molecule has 162 valence electrons. The summed E-state index contributed by atoms with van der Waals surface area (Å²) in [6.45, 7) is 3.65. The number of ether oxygens (including phenoxy) is 3. The van der Waals surface area contributed by atoms with Crippen molar-refractivity contribution in [2.75, 3.05) is 14.2 Å². The Morgan fingerprint density at radius 2 is 1.71 bits per heavy atom. The normalized spacial score (nSPS) is 15.9. The Morgan fingerprint density at radius 1 is 1.00 bits per heavy atom. The van der Waals surface area contributed by atoms with E-state index in [0.717, 1.165) is 5.56 Å². The fraction of sp³-hybridized carbons (Fsp3) is 0.250. The molecule has 0 spiro atoms. The van der Waals surface area contributed by atoms with Crippen LogP contribution in [0.5, 0.6) is 11.5 Å². The Labute approximate surface area is 180 Å². The summed E-state index contributed by atoms with van der Waals surface area (Å²) in [4.78, 5) is 24.8. The number of esters is 1. The Hall–Kier alpha value is -3.74. The second kappa shape index (κ2) is 9.38. The van der Waals surface area contributed by atoms with Gasteiger partial charge in [0.2, 0.25) is 0 Å². The predicted molar refractivity (Wildman–Crippen MR) is 115 cm³/mol. The molecule has 0 aromatic heterocycles. The first-order valence-corrected chi connectivity index (χ1v) is 9.72. The molecule has 3 rings (SSSR count). The summed E-state index contributed by atoms with van der Waals surface area (Å²) in [5.41, 5.74) is 2.78. The van der Waals surface area contributed by atoms with Crippen LogP contribution in [0.4, 0.5) is 0 Å². The number of hydrogen-bond acceptors (Lipinski definition) is 6. The first-order chi connectivity index (χ1) is 14.9. The van der Waals surface area contributed by atoms with Crippen molar-refractivity contribution in [1.29, 1.82) is 0 Å². The summed E-state index contributed by atoms with van der Waals surface area (Å²) in [5, 5.41) is 12.9. The number of nitrogens with one attached hydrogen (secondary N) is 1. The quantitative estimate of drug-likeness (QED) is 0.655. The van der Waals surface area contributed by atoms with Gasteiger partial charge in [-0.3, -0.25) is 0 Å². The molecule has 0 amide bonds. The number of aliphatic carboxylic acids is 1. The smallest absolute Gasteiger partial charge is 0.336 e. The van der Waals surface area contributed by atoms with Crippen LogP contribution in [-0.4, -0.2) is 31.3 Å². The van der Waals surface area contributed by atoms with Crippen molar-refractivity contribution in [1.82, 2.24) is 5.32 Å². The van der Waals surface area contributed by atoms with Gasteiger partial charge in [0.15, 0.2) is 0 Å². The Bertz CT molecular complexity index is 1070. The second-order valence-electron chi connectivity index (χ2n) is 7.11. The molecule has 1 aliphatic heterocycles. The summed E-state index contributed by atoms with van der Waals surface area (Å²) in [6.07, 6.45) is 0. The van der Waals surface area contributed by atoms with Crippen LogP contribution < -0.4 is 14.8 Å². The Morgan fingerprint density at radius 3 is 2.39 bits per heavy atom. The molecular weight excluding hydrogens is 398 g/mol. The number of carbonyl (C=O) groups is 2. The van der Waals surface area contributed by atoms with Gasteiger partial charge in [-0.1, -0.05) is 30.3 Å². The van der Waals surface area contributed by atoms with Gasteiger partial charge < -0.3 is 24.6 Å². The van der Waals surface area contributed by atoms with Gasteiger partial charge in [0.1, 0.15) is 18.1 Å². The molecule has 1 aliphatic rings. The van der Waals surface area contributed by atoms with Crippen molar-refractivity contribution in [3.8, 4) is 11.5 Å².